The number of amides is 1. The van der Waals surface area contributed by atoms with E-state index in [0.29, 0.717) is 0 Å². The van der Waals surface area contributed by atoms with E-state index in [1.54, 1.807) is 14.1 Å². The van der Waals surface area contributed by atoms with Gasteiger partial charge in [0.05, 0.1) is 0 Å². The topological polar surface area (TPSA) is 32.8 Å². The Morgan fingerprint density at radius 2 is 2.11 bits per heavy atom. The van der Waals surface area contributed by atoms with Crippen LogP contribution in [-0.4, -0.2) is 55.7 Å². The zero-order chi connectivity index (χ0) is 13.4. The van der Waals surface area contributed by atoms with E-state index < -0.39 is 0 Å². The molecule has 0 aromatic rings. The van der Waals surface area contributed by atoms with Crippen molar-refractivity contribution in [3.8, 4) is 0 Å². The molecule has 0 spiro atoms. The minimum atomic E-state index is -0.215. The van der Waals surface area contributed by atoms with Crippen molar-refractivity contribution in [1.82, 2.24) is 9.80 Å². The molecule has 1 fully saturated rings. The quantitative estimate of drug-likeness (QED) is 0.685. The molecule has 1 heterocycles. The zero-order valence-corrected chi connectivity index (χ0v) is 12.2. The molecule has 0 aromatic heterocycles. The van der Waals surface area contributed by atoms with Gasteiger partial charge < -0.3 is 9.64 Å². The lowest BCUT2D eigenvalue weighted by molar-refractivity contribution is 0.0283. The minimum absolute atomic E-state index is 0.0832. The van der Waals surface area contributed by atoms with Crippen LogP contribution < -0.4 is 0 Å². The van der Waals surface area contributed by atoms with E-state index >= 15 is 0 Å². The largest absolute Gasteiger partial charge is 0.445 e. The lowest BCUT2D eigenvalue weighted by Crippen LogP contribution is -2.42. The summed E-state index contributed by atoms with van der Waals surface area (Å²) in [5.41, 5.74) is 0. The van der Waals surface area contributed by atoms with Crippen LogP contribution >= 0.6 is 0 Å². The van der Waals surface area contributed by atoms with Crippen LogP contribution in [0.3, 0.4) is 0 Å². The summed E-state index contributed by atoms with van der Waals surface area (Å²) in [5, 5.41) is 0. The molecule has 1 amide bonds. The number of nitrogens with zero attached hydrogens (tertiary/aromatic N) is 2. The van der Waals surface area contributed by atoms with E-state index in [1.165, 1.54) is 30.6 Å². The van der Waals surface area contributed by atoms with E-state index in [2.05, 4.69) is 11.8 Å². The van der Waals surface area contributed by atoms with Gasteiger partial charge in [0.1, 0.15) is 6.10 Å². The number of hydrogen-bond acceptors (Lipinski definition) is 3. The van der Waals surface area contributed by atoms with Gasteiger partial charge in [0, 0.05) is 20.6 Å². The molecule has 0 radical (unpaired) electrons. The lowest BCUT2D eigenvalue weighted by atomic mass is 10.1. The first-order valence-electron chi connectivity index (χ1n) is 7.23. The first-order chi connectivity index (χ1) is 8.63. The summed E-state index contributed by atoms with van der Waals surface area (Å²) >= 11 is 0. The van der Waals surface area contributed by atoms with Gasteiger partial charge in [-0.25, -0.2) is 4.79 Å². The van der Waals surface area contributed by atoms with Crippen molar-refractivity contribution in [1.29, 1.82) is 0 Å². The number of carbonyl (C=O) groups excluding carboxylic acids is 1. The van der Waals surface area contributed by atoms with Crippen molar-refractivity contribution < 1.29 is 9.53 Å². The van der Waals surface area contributed by atoms with Crippen molar-refractivity contribution in [2.24, 2.45) is 0 Å². The number of piperidine rings is 1. The number of likely N-dealkylation sites (tertiary alicyclic amines) is 1. The van der Waals surface area contributed by atoms with Gasteiger partial charge in [-0.05, 0) is 32.4 Å². The molecule has 0 saturated carbocycles. The normalized spacial score (nSPS) is 20.7. The molecule has 1 rings (SSSR count). The summed E-state index contributed by atoms with van der Waals surface area (Å²) in [7, 11) is 3.46. The van der Waals surface area contributed by atoms with Gasteiger partial charge in [-0.1, -0.05) is 26.2 Å². The Morgan fingerprint density at radius 1 is 1.33 bits per heavy atom. The molecule has 1 atom stereocenters. The molecule has 1 saturated heterocycles. The highest BCUT2D eigenvalue weighted by Gasteiger charge is 2.23. The van der Waals surface area contributed by atoms with Crippen LogP contribution in [-0.2, 0) is 4.74 Å². The molecular formula is C14H28N2O2. The number of hydrogen-bond donors (Lipinski definition) is 0. The Bertz CT molecular complexity index is 244. The third kappa shape index (κ3) is 5.71. The van der Waals surface area contributed by atoms with Gasteiger partial charge in [-0.3, -0.25) is 4.90 Å². The van der Waals surface area contributed by atoms with Crippen LogP contribution in [0.4, 0.5) is 4.79 Å². The summed E-state index contributed by atoms with van der Waals surface area (Å²) < 4.78 is 5.46. The third-order valence-electron chi connectivity index (χ3n) is 3.42. The molecule has 0 aliphatic carbocycles. The molecule has 18 heavy (non-hydrogen) atoms. The van der Waals surface area contributed by atoms with Crippen LogP contribution in [0.15, 0.2) is 0 Å². The summed E-state index contributed by atoms with van der Waals surface area (Å²) in [6, 6.07) is 0. The van der Waals surface area contributed by atoms with Gasteiger partial charge in [0.25, 0.3) is 0 Å². The van der Waals surface area contributed by atoms with E-state index in [0.717, 1.165) is 32.5 Å². The van der Waals surface area contributed by atoms with Crippen molar-refractivity contribution in [2.45, 2.75) is 51.6 Å². The summed E-state index contributed by atoms with van der Waals surface area (Å²) in [5.74, 6) is 0. The maximum Gasteiger partial charge on any atom is 0.409 e. The first-order valence-corrected chi connectivity index (χ1v) is 7.23. The van der Waals surface area contributed by atoms with E-state index in [4.69, 9.17) is 4.74 Å². The van der Waals surface area contributed by atoms with E-state index in [9.17, 15) is 4.79 Å². The van der Waals surface area contributed by atoms with Crippen LogP contribution in [0.25, 0.3) is 0 Å². The molecule has 1 aliphatic heterocycles. The van der Waals surface area contributed by atoms with Gasteiger partial charge in [0.15, 0.2) is 0 Å². The standard InChI is InChI=1S/C14H28N2O2/c1-4-5-6-7-10-16-11-8-9-13(12-16)18-14(17)15(2)3/h13H,4-12H2,1-3H3. The third-order valence-corrected chi connectivity index (χ3v) is 3.42. The van der Waals surface area contributed by atoms with Crippen LogP contribution in [0, 0.1) is 0 Å². The van der Waals surface area contributed by atoms with Gasteiger partial charge in [0.2, 0.25) is 0 Å². The molecule has 4 heteroatoms. The highest BCUT2D eigenvalue weighted by Crippen LogP contribution is 2.15. The molecule has 1 aliphatic rings. The van der Waals surface area contributed by atoms with Crippen LogP contribution in [0.5, 0.6) is 0 Å². The van der Waals surface area contributed by atoms with Crippen LogP contribution in [0.2, 0.25) is 0 Å². The Morgan fingerprint density at radius 3 is 2.78 bits per heavy atom. The first kappa shape index (κ1) is 15.3. The average molecular weight is 256 g/mol. The van der Waals surface area contributed by atoms with Crippen molar-refractivity contribution in [3.63, 3.8) is 0 Å². The Hall–Kier alpha value is -0.770. The smallest absolute Gasteiger partial charge is 0.409 e. The number of carbonyl (C=O) groups is 1. The second-order valence-corrected chi connectivity index (χ2v) is 5.40. The number of ether oxygens (including phenoxy) is 1. The van der Waals surface area contributed by atoms with Gasteiger partial charge in [-0.2, -0.15) is 0 Å². The molecule has 0 aromatic carbocycles. The number of unbranched alkanes of at least 4 members (excludes halogenated alkanes) is 3. The van der Waals surface area contributed by atoms with Gasteiger partial charge >= 0.3 is 6.09 Å². The molecule has 4 nitrogen and oxygen atoms in total. The van der Waals surface area contributed by atoms with Crippen molar-refractivity contribution in [2.75, 3.05) is 33.7 Å². The minimum Gasteiger partial charge on any atom is -0.445 e. The van der Waals surface area contributed by atoms with E-state index in [-0.39, 0.29) is 12.2 Å². The Labute approximate surface area is 111 Å². The summed E-state index contributed by atoms with van der Waals surface area (Å²) in [6.45, 7) is 5.45. The predicted molar refractivity (Wildman–Crippen MR) is 73.8 cm³/mol. The zero-order valence-electron chi connectivity index (χ0n) is 12.2. The van der Waals surface area contributed by atoms with Crippen molar-refractivity contribution in [3.05, 3.63) is 0 Å². The fourth-order valence-electron chi connectivity index (χ4n) is 2.32. The van der Waals surface area contributed by atoms with Crippen LogP contribution in [0.1, 0.15) is 45.4 Å². The Kier molecular flexibility index (Phi) is 7.09. The molecule has 0 bridgehead atoms. The van der Waals surface area contributed by atoms with E-state index in [1.807, 2.05) is 0 Å². The maximum atomic E-state index is 11.5. The monoisotopic (exact) mass is 256 g/mol. The second kappa shape index (κ2) is 8.35. The summed E-state index contributed by atoms with van der Waals surface area (Å²) in [6.07, 6.45) is 7.20. The fourth-order valence-corrected chi connectivity index (χ4v) is 2.32. The van der Waals surface area contributed by atoms with Crippen molar-refractivity contribution >= 4 is 6.09 Å². The molecule has 0 N–H and O–H groups in total. The molecule has 1 unspecified atom stereocenters. The highest BCUT2D eigenvalue weighted by molar-refractivity contribution is 5.66. The SMILES string of the molecule is CCCCCCN1CCCC(OC(=O)N(C)C)C1. The predicted octanol–water partition coefficient (Wildman–Crippen LogP) is 2.73. The summed E-state index contributed by atoms with van der Waals surface area (Å²) in [4.78, 5) is 15.4. The maximum absolute atomic E-state index is 11.5. The highest BCUT2D eigenvalue weighted by atomic mass is 16.6. The Balaban J connectivity index is 2.21. The lowest BCUT2D eigenvalue weighted by Gasteiger charge is -2.32. The molecule has 106 valence electrons. The molecular weight excluding hydrogens is 228 g/mol. The average Bonchev–Trinajstić information content (AvgIpc) is 2.35. The second-order valence-electron chi connectivity index (χ2n) is 5.40. The van der Waals surface area contributed by atoms with Gasteiger partial charge in [-0.15, -0.1) is 0 Å². The number of rotatable bonds is 6. The fraction of sp³-hybridized carbons (Fsp3) is 0.929.